The van der Waals surface area contributed by atoms with Crippen LogP contribution in [-0.4, -0.2) is 29.8 Å². The third kappa shape index (κ3) is 4.14. The first-order valence-electron chi connectivity index (χ1n) is 10.3. The Kier molecular flexibility index (Phi) is 6.21. The zero-order valence-electron chi connectivity index (χ0n) is 17.3. The Morgan fingerprint density at radius 3 is 2.17 bits per heavy atom. The van der Waals surface area contributed by atoms with E-state index in [1.54, 1.807) is 12.1 Å². The molecule has 1 fully saturated rings. The topological polar surface area (TPSA) is 40.6 Å². The fourth-order valence-corrected chi connectivity index (χ4v) is 5.02. The summed E-state index contributed by atoms with van der Waals surface area (Å²) in [5, 5.41) is 0.545. The third-order valence-electron chi connectivity index (χ3n) is 5.59. The van der Waals surface area contributed by atoms with Crippen LogP contribution in [0.3, 0.4) is 0 Å². The molecule has 2 aromatic carbocycles. The van der Waals surface area contributed by atoms with Gasteiger partial charge in [-0.05, 0) is 56.5 Å². The van der Waals surface area contributed by atoms with Gasteiger partial charge >= 0.3 is 0 Å². The number of aryl methyl sites for hydroxylation is 2. The molecule has 4 rings (SSSR count). The summed E-state index contributed by atoms with van der Waals surface area (Å²) in [4.78, 5) is 31.9. The number of hydrogen-bond donors (Lipinski definition) is 0. The number of halogens is 1. The summed E-state index contributed by atoms with van der Waals surface area (Å²) < 4.78 is 0. The van der Waals surface area contributed by atoms with Crippen molar-refractivity contribution in [3.8, 4) is 0 Å². The van der Waals surface area contributed by atoms with Crippen molar-refractivity contribution in [3.05, 3.63) is 69.2 Å². The van der Waals surface area contributed by atoms with E-state index in [1.165, 1.54) is 16.7 Å². The number of hydrogen-bond acceptors (Lipinski definition) is 4. The molecule has 0 aromatic heterocycles. The van der Waals surface area contributed by atoms with Gasteiger partial charge in [0.25, 0.3) is 11.8 Å². The molecular formula is C24H25ClN2O2S. The van der Waals surface area contributed by atoms with Gasteiger partial charge in [0.1, 0.15) is 10.6 Å². The van der Waals surface area contributed by atoms with Gasteiger partial charge in [-0.1, -0.05) is 60.0 Å². The zero-order valence-corrected chi connectivity index (χ0v) is 18.9. The maximum Gasteiger partial charge on any atom is 0.283 e. The maximum absolute atomic E-state index is 13.5. The number of anilines is 1. The molecule has 0 unspecified atom stereocenters. The van der Waals surface area contributed by atoms with Crippen LogP contribution in [0.25, 0.3) is 0 Å². The molecule has 0 atom stereocenters. The lowest BCUT2D eigenvalue weighted by molar-refractivity contribution is -0.121. The Bertz CT molecular complexity index is 1010. The van der Waals surface area contributed by atoms with Gasteiger partial charge in [-0.3, -0.25) is 9.59 Å². The van der Waals surface area contributed by atoms with Crippen molar-refractivity contribution < 1.29 is 9.59 Å². The zero-order chi connectivity index (χ0) is 21.3. The molecule has 0 bridgehead atoms. The van der Waals surface area contributed by atoms with Crippen molar-refractivity contribution >= 4 is 40.9 Å². The van der Waals surface area contributed by atoms with E-state index < -0.39 is 0 Å². The Morgan fingerprint density at radius 1 is 0.867 bits per heavy atom. The molecule has 0 saturated carbocycles. The smallest absolute Gasteiger partial charge is 0.283 e. The summed E-state index contributed by atoms with van der Waals surface area (Å²) in [6.07, 6.45) is 4.38. The van der Waals surface area contributed by atoms with Gasteiger partial charge in [-0.15, -0.1) is 0 Å². The quantitative estimate of drug-likeness (QED) is 0.571. The summed E-state index contributed by atoms with van der Waals surface area (Å²) in [6, 6.07) is 13.4. The van der Waals surface area contributed by atoms with Gasteiger partial charge < -0.3 is 4.90 Å². The predicted molar refractivity (Wildman–Crippen MR) is 123 cm³/mol. The van der Waals surface area contributed by atoms with Crippen LogP contribution in [0.1, 0.15) is 36.8 Å². The first kappa shape index (κ1) is 21.0. The van der Waals surface area contributed by atoms with Gasteiger partial charge in [0, 0.05) is 23.0 Å². The van der Waals surface area contributed by atoms with Crippen molar-refractivity contribution in [2.45, 2.75) is 44.4 Å². The van der Waals surface area contributed by atoms with Crippen LogP contribution >= 0.6 is 23.4 Å². The highest BCUT2D eigenvalue weighted by Crippen LogP contribution is 2.40. The van der Waals surface area contributed by atoms with Gasteiger partial charge in [0.05, 0.1) is 5.69 Å². The molecule has 0 aliphatic carbocycles. The Balaban J connectivity index is 1.74. The normalized spacial score (nSPS) is 17.7. The average molecular weight is 441 g/mol. The molecule has 6 heteroatoms. The van der Waals surface area contributed by atoms with Crippen LogP contribution < -0.4 is 4.90 Å². The fourth-order valence-electron chi connectivity index (χ4n) is 3.84. The van der Waals surface area contributed by atoms with Gasteiger partial charge in [0.2, 0.25) is 0 Å². The number of thioether (sulfide) groups is 1. The van der Waals surface area contributed by atoms with Crippen molar-refractivity contribution in [1.29, 1.82) is 0 Å². The van der Waals surface area contributed by atoms with Gasteiger partial charge in [0.15, 0.2) is 0 Å². The number of amides is 2. The monoisotopic (exact) mass is 440 g/mol. The summed E-state index contributed by atoms with van der Waals surface area (Å²) in [5.41, 5.74) is 3.12. The molecule has 2 aromatic rings. The molecule has 2 aliphatic heterocycles. The van der Waals surface area contributed by atoms with E-state index >= 15 is 0 Å². The highest BCUT2D eigenvalue weighted by Gasteiger charge is 2.42. The van der Waals surface area contributed by atoms with Gasteiger partial charge in [-0.25, -0.2) is 4.90 Å². The summed E-state index contributed by atoms with van der Waals surface area (Å²) >= 11 is 7.68. The van der Waals surface area contributed by atoms with E-state index in [2.05, 4.69) is 4.90 Å². The van der Waals surface area contributed by atoms with Crippen molar-refractivity contribution in [2.75, 3.05) is 18.0 Å². The number of rotatable bonds is 4. The number of carbonyl (C=O) groups excluding carboxylic acids is 2. The highest BCUT2D eigenvalue weighted by molar-refractivity contribution is 8.04. The molecule has 0 spiro atoms. The first-order valence-corrected chi connectivity index (χ1v) is 11.5. The molecule has 156 valence electrons. The summed E-state index contributed by atoms with van der Waals surface area (Å²) in [7, 11) is 0. The number of carbonyl (C=O) groups is 2. The Morgan fingerprint density at radius 2 is 1.53 bits per heavy atom. The van der Waals surface area contributed by atoms with Crippen LogP contribution in [0.2, 0.25) is 5.02 Å². The fraction of sp³-hybridized carbons (Fsp3) is 0.333. The maximum atomic E-state index is 13.5. The Labute approximate surface area is 186 Å². The minimum Gasteiger partial charge on any atom is -0.366 e. The van der Waals surface area contributed by atoms with Crippen LogP contribution in [0, 0.1) is 13.8 Å². The van der Waals surface area contributed by atoms with E-state index in [9.17, 15) is 9.59 Å². The van der Waals surface area contributed by atoms with E-state index in [4.69, 9.17) is 11.6 Å². The van der Waals surface area contributed by atoms with Crippen LogP contribution in [0.15, 0.2) is 58.0 Å². The summed E-state index contributed by atoms with van der Waals surface area (Å²) in [6.45, 7) is 5.53. The number of benzene rings is 2. The molecule has 2 amide bonds. The molecule has 2 heterocycles. The van der Waals surface area contributed by atoms with E-state index in [1.807, 2.05) is 44.2 Å². The minimum atomic E-state index is -0.273. The number of imide groups is 1. The van der Waals surface area contributed by atoms with Crippen molar-refractivity contribution in [2.24, 2.45) is 0 Å². The largest absolute Gasteiger partial charge is 0.366 e. The summed E-state index contributed by atoms with van der Waals surface area (Å²) in [5.74, 6) is -0.527. The molecule has 4 nitrogen and oxygen atoms in total. The minimum absolute atomic E-state index is 0.253. The van der Waals surface area contributed by atoms with Crippen molar-refractivity contribution in [1.82, 2.24) is 4.90 Å². The molecule has 2 aliphatic rings. The van der Waals surface area contributed by atoms with Crippen LogP contribution in [0.5, 0.6) is 0 Å². The van der Waals surface area contributed by atoms with Crippen LogP contribution in [-0.2, 0) is 9.59 Å². The molecular weight excluding hydrogens is 416 g/mol. The number of likely N-dealkylation sites (tertiary alicyclic amines) is 1. The predicted octanol–water partition coefficient (Wildman–Crippen LogP) is 5.71. The third-order valence-corrected chi connectivity index (χ3v) is 7.08. The second-order valence-electron chi connectivity index (χ2n) is 7.87. The van der Waals surface area contributed by atoms with E-state index in [-0.39, 0.29) is 11.8 Å². The van der Waals surface area contributed by atoms with Gasteiger partial charge in [-0.2, -0.15) is 0 Å². The molecule has 30 heavy (non-hydrogen) atoms. The first-order chi connectivity index (χ1) is 14.5. The van der Waals surface area contributed by atoms with E-state index in [0.29, 0.717) is 21.3 Å². The lowest BCUT2D eigenvalue weighted by Crippen LogP contribution is -2.35. The lowest BCUT2D eigenvalue weighted by atomic mass is 10.2. The second kappa shape index (κ2) is 8.86. The van der Waals surface area contributed by atoms with Crippen LogP contribution in [0.4, 0.5) is 5.69 Å². The average Bonchev–Trinajstić information content (AvgIpc) is 2.90. The molecule has 0 N–H and O–H groups in total. The standard InChI is InChI=1S/C24H25ClN2O2S/c1-16-7-11-19(12-8-16)30-22-21(26-13-5-3-4-6-14-26)23(28)27(24(22)29)18-10-9-17(2)20(25)15-18/h7-12,15H,3-6,13-14H2,1-2H3. The van der Waals surface area contributed by atoms with E-state index in [0.717, 1.165) is 54.8 Å². The number of nitrogens with zero attached hydrogens (tertiary/aromatic N) is 2. The second-order valence-corrected chi connectivity index (χ2v) is 9.36. The lowest BCUT2D eigenvalue weighted by Gasteiger charge is -2.24. The molecule has 1 saturated heterocycles. The van der Waals surface area contributed by atoms with Crippen molar-refractivity contribution in [3.63, 3.8) is 0 Å². The Hall–Kier alpha value is -2.24. The molecule has 0 radical (unpaired) electrons. The highest BCUT2D eigenvalue weighted by atomic mass is 35.5. The SMILES string of the molecule is Cc1ccc(SC2=C(N3CCCCCC3)C(=O)N(c3ccc(C)c(Cl)c3)C2=O)cc1.